The van der Waals surface area contributed by atoms with Gasteiger partial charge in [0.1, 0.15) is 0 Å². The van der Waals surface area contributed by atoms with Crippen LogP contribution < -0.4 is 5.32 Å². The van der Waals surface area contributed by atoms with Crippen LogP contribution in [0.5, 0.6) is 0 Å². The molecule has 0 radical (unpaired) electrons. The summed E-state index contributed by atoms with van der Waals surface area (Å²) >= 11 is 0. The molecule has 2 saturated carbocycles. The Balaban J connectivity index is 1.82. The zero-order valence-electron chi connectivity index (χ0n) is 11.0. The first kappa shape index (κ1) is 11.7. The van der Waals surface area contributed by atoms with Gasteiger partial charge in [-0.05, 0) is 39.5 Å². The Morgan fingerprint density at radius 2 is 1.28 bits per heavy atom. The molecule has 0 aromatic heterocycles. The fraction of sp³-hybridized carbons (Fsp3) is 0.600. The highest BCUT2D eigenvalue weighted by Gasteiger charge is 2.38. The van der Waals surface area contributed by atoms with Gasteiger partial charge >= 0.3 is 0 Å². The highest BCUT2D eigenvalue weighted by atomic mass is 16.1. The van der Waals surface area contributed by atoms with E-state index in [2.05, 4.69) is 5.32 Å². The predicted octanol–water partition coefficient (Wildman–Crippen LogP) is 2.49. The number of carbonyl (C=O) groups is 2. The minimum absolute atomic E-state index is 0.229. The van der Waals surface area contributed by atoms with Gasteiger partial charge in [0.05, 0.1) is 0 Å². The molecule has 0 saturated heterocycles. The van der Waals surface area contributed by atoms with Crippen molar-refractivity contribution in [2.45, 2.75) is 46.0 Å². The number of hydrogen-bond acceptors (Lipinski definition) is 3. The topological polar surface area (TPSA) is 46.2 Å². The van der Waals surface area contributed by atoms with E-state index in [4.69, 9.17) is 0 Å². The predicted molar refractivity (Wildman–Crippen MR) is 68.6 cm³/mol. The number of ketones is 2. The molecule has 3 heteroatoms. The Morgan fingerprint density at radius 1 is 0.889 bits per heavy atom. The second kappa shape index (κ2) is 4.08. The summed E-state index contributed by atoms with van der Waals surface area (Å²) in [7, 11) is 0. The molecule has 3 rings (SSSR count). The first-order valence-electron chi connectivity index (χ1n) is 6.83. The van der Waals surface area contributed by atoms with E-state index >= 15 is 0 Å². The molecular weight excluding hydrogens is 226 g/mol. The minimum atomic E-state index is 0.229. The zero-order chi connectivity index (χ0) is 12.9. The largest absolute Gasteiger partial charge is 0.362 e. The molecule has 0 amide bonds. The van der Waals surface area contributed by atoms with E-state index in [0.29, 0.717) is 6.42 Å². The average Bonchev–Trinajstić information content (AvgIpc) is 3.17. The number of hydrogen-bond donors (Lipinski definition) is 1. The van der Waals surface area contributed by atoms with Crippen LogP contribution in [0.25, 0.3) is 0 Å². The van der Waals surface area contributed by atoms with Crippen LogP contribution in [0.4, 0.5) is 0 Å². The third kappa shape index (κ3) is 2.02. The molecule has 1 N–H and O–H groups in total. The highest BCUT2D eigenvalue weighted by molar-refractivity contribution is 6.05. The Labute approximate surface area is 107 Å². The van der Waals surface area contributed by atoms with Crippen molar-refractivity contribution >= 4 is 11.6 Å². The Morgan fingerprint density at radius 3 is 1.61 bits per heavy atom. The Kier molecular flexibility index (Phi) is 2.65. The maximum atomic E-state index is 12.2. The van der Waals surface area contributed by atoms with E-state index in [1.54, 1.807) is 0 Å². The van der Waals surface area contributed by atoms with Crippen LogP contribution in [0.3, 0.4) is 0 Å². The van der Waals surface area contributed by atoms with Crippen molar-refractivity contribution in [2.24, 2.45) is 11.8 Å². The lowest BCUT2D eigenvalue weighted by Crippen LogP contribution is -2.26. The standard InChI is InChI=1S/C15H19NO2/c1-8-12(14(17)10-3-4-10)7-13(9(2)16-8)15(18)11-5-6-11/h10-11,16H,3-7H2,1-2H3. The molecule has 2 aliphatic carbocycles. The van der Waals surface area contributed by atoms with E-state index in [-0.39, 0.29) is 23.4 Å². The van der Waals surface area contributed by atoms with Gasteiger partial charge in [-0.2, -0.15) is 0 Å². The van der Waals surface area contributed by atoms with Gasteiger partial charge in [-0.1, -0.05) is 0 Å². The van der Waals surface area contributed by atoms with Crippen molar-refractivity contribution in [3.63, 3.8) is 0 Å². The summed E-state index contributed by atoms with van der Waals surface area (Å²) in [6.45, 7) is 3.88. The van der Waals surface area contributed by atoms with Crippen molar-refractivity contribution in [3.05, 3.63) is 22.5 Å². The highest BCUT2D eigenvalue weighted by Crippen LogP contribution is 2.39. The van der Waals surface area contributed by atoms with Crippen LogP contribution in [0.2, 0.25) is 0 Å². The molecule has 96 valence electrons. The van der Waals surface area contributed by atoms with E-state index < -0.39 is 0 Å². The van der Waals surface area contributed by atoms with Crippen molar-refractivity contribution in [1.29, 1.82) is 0 Å². The number of nitrogens with one attached hydrogen (secondary N) is 1. The fourth-order valence-electron chi connectivity index (χ4n) is 2.60. The Hall–Kier alpha value is -1.38. The molecule has 1 aliphatic heterocycles. The number of rotatable bonds is 4. The molecular formula is C15H19NO2. The van der Waals surface area contributed by atoms with Crippen molar-refractivity contribution in [3.8, 4) is 0 Å². The van der Waals surface area contributed by atoms with E-state index in [0.717, 1.165) is 48.2 Å². The van der Waals surface area contributed by atoms with Gasteiger partial charge in [0.2, 0.25) is 0 Å². The van der Waals surface area contributed by atoms with Crippen LogP contribution in [0, 0.1) is 11.8 Å². The maximum absolute atomic E-state index is 12.2. The minimum Gasteiger partial charge on any atom is -0.362 e. The number of dihydropyridines is 1. The number of carbonyl (C=O) groups excluding carboxylic acids is 2. The van der Waals surface area contributed by atoms with Gasteiger partial charge in [0.15, 0.2) is 11.6 Å². The Bertz CT molecular complexity index is 447. The SMILES string of the molecule is CC1=C(C(=O)C2CC2)CC(C(=O)C2CC2)=C(C)N1. The lowest BCUT2D eigenvalue weighted by molar-refractivity contribution is -0.117. The molecule has 0 bridgehead atoms. The molecule has 3 nitrogen and oxygen atoms in total. The summed E-state index contributed by atoms with van der Waals surface area (Å²) in [6, 6.07) is 0. The van der Waals surface area contributed by atoms with E-state index in [1.165, 1.54) is 0 Å². The van der Waals surface area contributed by atoms with Gasteiger partial charge in [0.25, 0.3) is 0 Å². The molecule has 0 atom stereocenters. The third-order valence-corrected chi connectivity index (χ3v) is 4.13. The van der Waals surface area contributed by atoms with Crippen molar-refractivity contribution in [1.82, 2.24) is 5.32 Å². The van der Waals surface area contributed by atoms with Crippen LogP contribution in [-0.4, -0.2) is 11.6 Å². The summed E-state index contributed by atoms with van der Waals surface area (Å²) in [5, 5.41) is 3.22. The number of Topliss-reactive ketones (excluding diaryl/α,β-unsaturated/α-hetero) is 2. The zero-order valence-corrected chi connectivity index (χ0v) is 11.0. The molecule has 3 aliphatic rings. The molecule has 0 aromatic carbocycles. The molecule has 2 fully saturated rings. The molecule has 0 unspecified atom stereocenters. The maximum Gasteiger partial charge on any atom is 0.163 e. The molecule has 18 heavy (non-hydrogen) atoms. The summed E-state index contributed by atoms with van der Waals surface area (Å²) in [5.41, 5.74) is 3.56. The molecule has 1 heterocycles. The van der Waals surface area contributed by atoms with E-state index in [9.17, 15) is 9.59 Å². The molecule has 0 spiro atoms. The fourth-order valence-corrected chi connectivity index (χ4v) is 2.60. The van der Waals surface area contributed by atoms with Crippen molar-refractivity contribution in [2.75, 3.05) is 0 Å². The normalized spacial score (nSPS) is 24.1. The molecule has 0 aromatic rings. The monoisotopic (exact) mass is 245 g/mol. The lowest BCUT2D eigenvalue weighted by atomic mass is 9.90. The quantitative estimate of drug-likeness (QED) is 0.827. The van der Waals surface area contributed by atoms with Crippen LogP contribution in [0.1, 0.15) is 46.0 Å². The summed E-state index contributed by atoms with van der Waals surface area (Å²) in [6.07, 6.45) is 4.62. The summed E-state index contributed by atoms with van der Waals surface area (Å²) in [5.74, 6) is 0.974. The van der Waals surface area contributed by atoms with Crippen molar-refractivity contribution < 1.29 is 9.59 Å². The first-order valence-corrected chi connectivity index (χ1v) is 6.83. The van der Waals surface area contributed by atoms with Crippen LogP contribution in [-0.2, 0) is 9.59 Å². The van der Waals surface area contributed by atoms with E-state index in [1.807, 2.05) is 13.8 Å². The van der Waals surface area contributed by atoms with Gasteiger partial charge in [-0.25, -0.2) is 0 Å². The van der Waals surface area contributed by atoms with Crippen LogP contribution in [0.15, 0.2) is 22.5 Å². The third-order valence-electron chi connectivity index (χ3n) is 4.13. The van der Waals surface area contributed by atoms with Gasteiger partial charge < -0.3 is 5.32 Å². The van der Waals surface area contributed by atoms with Crippen LogP contribution >= 0.6 is 0 Å². The smallest absolute Gasteiger partial charge is 0.163 e. The summed E-state index contributed by atoms with van der Waals surface area (Å²) in [4.78, 5) is 24.4. The number of allylic oxidation sites excluding steroid dienone is 4. The lowest BCUT2D eigenvalue weighted by Gasteiger charge is -2.23. The first-order chi connectivity index (χ1) is 8.58. The average molecular weight is 245 g/mol. The second-order valence-electron chi connectivity index (χ2n) is 5.79. The van der Waals surface area contributed by atoms with Gasteiger partial charge in [-0.15, -0.1) is 0 Å². The summed E-state index contributed by atoms with van der Waals surface area (Å²) < 4.78 is 0. The van der Waals surface area contributed by atoms with Gasteiger partial charge in [0, 0.05) is 40.8 Å². The second-order valence-corrected chi connectivity index (χ2v) is 5.79. The van der Waals surface area contributed by atoms with Gasteiger partial charge in [-0.3, -0.25) is 9.59 Å².